The van der Waals surface area contributed by atoms with Gasteiger partial charge in [-0.25, -0.2) is 9.78 Å². The first-order valence-electron chi connectivity index (χ1n) is 8.09. The van der Waals surface area contributed by atoms with Gasteiger partial charge < -0.3 is 15.3 Å². The van der Waals surface area contributed by atoms with Crippen LogP contribution in [0.25, 0.3) is 22.2 Å². The molecular weight excluding hydrogens is 346 g/mol. The fraction of sp³-hybridized carbons (Fsp3) is 0.0526. The second-order valence-corrected chi connectivity index (χ2v) is 5.75. The van der Waals surface area contributed by atoms with Crippen LogP contribution in [-0.4, -0.2) is 32.0 Å². The van der Waals surface area contributed by atoms with Crippen LogP contribution in [-0.2, 0) is 0 Å². The van der Waals surface area contributed by atoms with Crippen LogP contribution in [0.4, 0.5) is 11.5 Å². The molecule has 0 fully saturated rings. The number of aromatic nitrogens is 4. The van der Waals surface area contributed by atoms with Crippen LogP contribution < -0.4 is 15.7 Å². The number of nitrogens with one attached hydrogen (secondary N) is 1. The molecule has 2 N–H and O–H groups in total. The molecule has 0 aliphatic rings. The molecule has 0 saturated heterocycles. The van der Waals surface area contributed by atoms with Crippen molar-refractivity contribution in [1.29, 1.82) is 0 Å². The van der Waals surface area contributed by atoms with Gasteiger partial charge in [-0.1, -0.05) is 12.1 Å². The summed E-state index contributed by atoms with van der Waals surface area (Å²) in [5.74, 6) is 1.01. The summed E-state index contributed by atoms with van der Waals surface area (Å²) in [5, 5.41) is 13.4. The maximum Gasteiger partial charge on any atom is 0.384 e. The van der Waals surface area contributed by atoms with E-state index in [4.69, 9.17) is 4.74 Å². The van der Waals surface area contributed by atoms with Gasteiger partial charge in [-0.3, -0.25) is 4.98 Å². The van der Waals surface area contributed by atoms with Crippen LogP contribution in [0.3, 0.4) is 0 Å². The molecule has 27 heavy (non-hydrogen) atoms. The minimum absolute atomic E-state index is 0.138. The highest BCUT2D eigenvalue weighted by molar-refractivity contribution is 5.88. The Morgan fingerprint density at radius 1 is 1.11 bits per heavy atom. The molecule has 3 aromatic heterocycles. The molecule has 0 unspecified atom stereocenters. The number of anilines is 2. The zero-order chi connectivity index (χ0) is 18.8. The van der Waals surface area contributed by atoms with E-state index in [0.717, 1.165) is 16.8 Å². The van der Waals surface area contributed by atoms with Crippen molar-refractivity contribution >= 4 is 22.5 Å². The van der Waals surface area contributed by atoms with Gasteiger partial charge >= 0.3 is 5.69 Å². The number of benzene rings is 1. The van der Waals surface area contributed by atoms with Crippen molar-refractivity contribution in [3.05, 3.63) is 71.5 Å². The van der Waals surface area contributed by atoms with Crippen molar-refractivity contribution in [3.8, 4) is 16.9 Å². The molecular formula is C19H15N5O3. The summed E-state index contributed by atoms with van der Waals surface area (Å²) in [7, 11) is 1.60. The SMILES string of the molecule is COc1cncc(-c2ccc(Nc3nc(=O)n(O)c4ncccc34)cc2)c1. The Hall–Kier alpha value is -3.94. The first-order valence-corrected chi connectivity index (χ1v) is 8.09. The van der Waals surface area contributed by atoms with E-state index >= 15 is 0 Å². The van der Waals surface area contributed by atoms with E-state index < -0.39 is 5.69 Å². The molecule has 3 heterocycles. The summed E-state index contributed by atoms with van der Waals surface area (Å²) in [6.45, 7) is 0. The first-order chi connectivity index (χ1) is 13.2. The monoisotopic (exact) mass is 361 g/mol. The maximum atomic E-state index is 11.8. The Bertz CT molecular complexity index is 1170. The van der Waals surface area contributed by atoms with Gasteiger partial charge in [-0.15, -0.1) is 4.73 Å². The number of methoxy groups -OCH3 is 1. The minimum atomic E-state index is -0.803. The first kappa shape index (κ1) is 16.5. The molecule has 0 saturated carbocycles. The van der Waals surface area contributed by atoms with E-state index in [-0.39, 0.29) is 5.65 Å². The standard InChI is InChI=1S/C19H15N5O3/c1-27-15-9-13(10-20-11-15)12-4-6-14(7-5-12)22-17-16-3-2-8-21-18(16)24(26)19(25)23-17/h2-11,26H,1H3,(H,22,23,25). The van der Waals surface area contributed by atoms with Gasteiger partial charge in [0.2, 0.25) is 0 Å². The zero-order valence-corrected chi connectivity index (χ0v) is 14.3. The van der Waals surface area contributed by atoms with Crippen molar-refractivity contribution < 1.29 is 9.94 Å². The van der Waals surface area contributed by atoms with E-state index in [9.17, 15) is 10.0 Å². The van der Waals surface area contributed by atoms with Gasteiger partial charge in [0.15, 0.2) is 5.65 Å². The fourth-order valence-electron chi connectivity index (χ4n) is 2.71. The largest absolute Gasteiger partial charge is 0.495 e. The summed E-state index contributed by atoms with van der Waals surface area (Å²) < 4.78 is 5.63. The van der Waals surface area contributed by atoms with Crippen molar-refractivity contribution in [2.45, 2.75) is 0 Å². The van der Waals surface area contributed by atoms with Gasteiger partial charge in [-0.2, -0.15) is 4.98 Å². The van der Waals surface area contributed by atoms with Crippen LogP contribution in [0.1, 0.15) is 0 Å². The van der Waals surface area contributed by atoms with Crippen LogP contribution in [0.15, 0.2) is 65.8 Å². The molecule has 0 spiro atoms. The molecule has 134 valence electrons. The van der Waals surface area contributed by atoms with E-state index in [2.05, 4.69) is 20.3 Å². The van der Waals surface area contributed by atoms with Crippen LogP contribution >= 0.6 is 0 Å². The van der Waals surface area contributed by atoms with Gasteiger partial charge in [0.25, 0.3) is 0 Å². The third kappa shape index (κ3) is 3.15. The molecule has 0 bridgehead atoms. The topological polar surface area (TPSA) is 102 Å². The highest BCUT2D eigenvalue weighted by atomic mass is 16.5. The number of rotatable bonds is 4. The molecule has 4 rings (SSSR count). The molecule has 0 aliphatic carbocycles. The molecule has 0 atom stereocenters. The van der Waals surface area contributed by atoms with Gasteiger partial charge in [0, 0.05) is 23.6 Å². The second kappa shape index (κ2) is 6.75. The Kier molecular flexibility index (Phi) is 4.13. The maximum absolute atomic E-state index is 11.8. The smallest absolute Gasteiger partial charge is 0.384 e. The average molecular weight is 361 g/mol. The van der Waals surface area contributed by atoms with E-state index in [1.165, 1.54) is 6.20 Å². The Balaban J connectivity index is 1.67. The Labute approximate surface area is 153 Å². The van der Waals surface area contributed by atoms with E-state index in [1.54, 1.807) is 31.6 Å². The predicted octanol–water partition coefficient (Wildman–Crippen LogP) is 2.84. The van der Waals surface area contributed by atoms with Crippen molar-refractivity contribution in [2.24, 2.45) is 0 Å². The quantitative estimate of drug-likeness (QED) is 0.539. The molecule has 1 aromatic carbocycles. The molecule has 0 radical (unpaired) electrons. The second-order valence-electron chi connectivity index (χ2n) is 5.75. The van der Waals surface area contributed by atoms with Gasteiger partial charge in [-0.05, 0) is 35.9 Å². The minimum Gasteiger partial charge on any atom is -0.495 e. The number of ether oxygens (including phenoxy) is 1. The molecule has 8 nitrogen and oxygen atoms in total. The van der Waals surface area contributed by atoms with Crippen molar-refractivity contribution in [1.82, 2.24) is 19.7 Å². The number of pyridine rings is 2. The summed E-state index contributed by atoms with van der Waals surface area (Å²) in [5.41, 5.74) is 1.97. The summed E-state index contributed by atoms with van der Waals surface area (Å²) in [6.07, 6.45) is 4.90. The van der Waals surface area contributed by atoms with Crippen LogP contribution in [0, 0.1) is 0 Å². The molecule has 4 aromatic rings. The predicted molar refractivity (Wildman–Crippen MR) is 100 cm³/mol. The van der Waals surface area contributed by atoms with Crippen molar-refractivity contribution in [3.63, 3.8) is 0 Å². The molecule has 0 amide bonds. The van der Waals surface area contributed by atoms with Crippen molar-refractivity contribution in [2.75, 3.05) is 12.4 Å². The highest BCUT2D eigenvalue weighted by Gasteiger charge is 2.11. The number of hydrogen-bond acceptors (Lipinski definition) is 7. The summed E-state index contributed by atoms with van der Waals surface area (Å²) in [4.78, 5) is 23.9. The zero-order valence-electron chi connectivity index (χ0n) is 14.3. The number of fused-ring (bicyclic) bond motifs is 1. The van der Waals surface area contributed by atoms with E-state index in [1.807, 2.05) is 30.3 Å². The lowest BCUT2D eigenvalue weighted by atomic mass is 10.1. The molecule has 0 aliphatic heterocycles. The Morgan fingerprint density at radius 2 is 1.93 bits per heavy atom. The molecule has 8 heteroatoms. The summed E-state index contributed by atoms with van der Waals surface area (Å²) in [6, 6.07) is 12.9. The van der Waals surface area contributed by atoms with E-state index in [0.29, 0.717) is 21.7 Å². The lowest BCUT2D eigenvalue weighted by Gasteiger charge is -2.10. The van der Waals surface area contributed by atoms with Crippen LogP contribution in [0.2, 0.25) is 0 Å². The fourth-order valence-corrected chi connectivity index (χ4v) is 2.71. The van der Waals surface area contributed by atoms with Gasteiger partial charge in [0.05, 0.1) is 18.7 Å². The highest BCUT2D eigenvalue weighted by Crippen LogP contribution is 2.26. The number of nitrogens with zero attached hydrogens (tertiary/aromatic N) is 4. The summed E-state index contributed by atoms with van der Waals surface area (Å²) >= 11 is 0. The lowest BCUT2D eigenvalue weighted by molar-refractivity contribution is 0.182. The third-order valence-electron chi connectivity index (χ3n) is 4.06. The van der Waals surface area contributed by atoms with Gasteiger partial charge in [0.1, 0.15) is 11.6 Å². The van der Waals surface area contributed by atoms with Crippen LogP contribution in [0.5, 0.6) is 5.75 Å². The number of hydrogen-bond donors (Lipinski definition) is 2. The third-order valence-corrected chi connectivity index (χ3v) is 4.06. The Morgan fingerprint density at radius 3 is 2.70 bits per heavy atom. The average Bonchev–Trinajstić information content (AvgIpc) is 2.72. The lowest BCUT2D eigenvalue weighted by Crippen LogP contribution is -2.23. The normalized spacial score (nSPS) is 10.7.